The fourth-order valence-corrected chi connectivity index (χ4v) is 5.06. The van der Waals surface area contributed by atoms with Gasteiger partial charge in [0.2, 0.25) is 5.91 Å². The van der Waals surface area contributed by atoms with Crippen LogP contribution in [-0.4, -0.2) is 33.7 Å². The lowest BCUT2D eigenvalue weighted by atomic mass is 10.1. The van der Waals surface area contributed by atoms with Crippen molar-refractivity contribution in [2.75, 3.05) is 17.7 Å². The van der Waals surface area contributed by atoms with Gasteiger partial charge in [-0.05, 0) is 45.0 Å². The zero-order valence-corrected chi connectivity index (χ0v) is 20.9. The van der Waals surface area contributed by atoms with Crippen molar-refractivity contribution in [1.29, 1.82) is 0 Å². The molecular weight excluding hydrogens is 450 g/mol. The molecule has 1 aliphatic rings. The van der Waals surface area contributed by atoms with Gasteiger partial charge in [0, 0.05) is 42.5 Å². The minimum absolute atomic E-state index is 0.172. The highest BCUT2D eigenvalue weighted by Gasteiger charge is 2.22. The van der Waals surface area contributed by atoms with Crippen LogP contribution in [0.1, 0.15) is 37.1 Å². The molecule has 0 saturated carbocycles. The van der Waals surface area contributed by atoms with Gasteiger partial charge in [-0.2, -0.15) is 11.8 Å². The number of carbonyl (C=O) groups is 1. The molecule has 2 heterocycles. The molecule has 0 bridgehead atoms. The van der Waals surface area contributed by atoms with Crippen molar-refractivity contribution in [1.82, 2.24) is 9.36 Å². The van der Waals surface area contributed by atoms with E-state index >= 15 is 0 Å². The van der Waals surface area contributed by atoms with E-state index in [1.807, 2.05) is 51.2 Å². The standard InChI is InChI=1S/C26H31N3O4S/c1-5-32-22-14-19-13-17(2)33-23(19)15-20(22)16-34-12-11-24(30)27-25-18(3)28(4)29(26(25)31)21-9-7-6-8-10-21/h6-10,14-15,17H,5,11-13,16H2,1-4H3,(H,27,30)/t17-/m1/s1. The molecule has 7 nitrogen and oxygen atoms in total. The molecule has 0 aliphatic carbocycles. The summed E-state index contributed by atoms with van der Waals surface area (Å²) in [5.74, 6) is 2.99. The van der Waals surface area contributed by atoms with Crippen molar-refractivity contribution < 1.29 is 14.3 Å². The molecule has 0 radical (unpaired) electrons. The topological polar surface area (TPSA) is 74.5 Å². The number of rotatable bonds is 9. The molecule has 3 aromatic rings. The molecule has 1 atom stereocenters. The molecule has 0 unspecified atom stereocenters. The first kappa shape index (κ1) is 24.0. The maximum atomic E-state index is 13.0. The van der Waals surface area contributed by atoms with Crippen LogP contribution < -0.4 is 20.3 Å². The van der Waals surface area contributed by atoms with Crippen molar-refractivity contribution in [2.45, 2.75) is 45.5 Å². The van der Waals surface area contributed by atoms with Gasteiger partial charge in [-0.1, -0.05) is 18.2 Å². The van der Waals surface area contributed by atoms with E-state index < -0.39 is 0 Å². The molecule has 8 heteroatoms. The van der Waals surface area contributed by atoms with Gasteiger partial charge in [-0.15, -0.1) is 0 Å². The highest BCUT2D eigenvalue weighted by atomic mass is 32.2. The Morgan fingerprint density at radius 2 is 2.03 bits per heavy atom. The van der Waals surface area contributed by atoms with Crippen molar-refractivity contribution in [2.24, 2.45) is 7.05 Å². The normalized spacial score (nSPS) is 14.5. The molecule has 1 amide bonds. The number of carbonyl (C=O) groups excluding carboxylic acids is 1. The van der Waals surface area contributed by atoms with Crippen LogP contribution in [0, 0.1) is 6.92 Å². The summed E-state index contributed by atoms with van der Waals surface area (Å²) in [6.45, 7) is 6.48. The van der Waals surface area contributed by atoms with E-state index in [2.05, 4.69) is 24.4 Å². The van der Waals surface area contributed by atoms with Gasteiger partial charge in [0.15, 0.2) is 0 Å². The second-order valence-electron chi connectivity index (χ2n) is 8.42. The van der Waals surface area contributed by atoms with Gasteiger partial charge in [0.05, 0.1) is 18.0 Å². The van der Waals surface area contributed by atoms with Crippen LogP contribution in [0.4, 0.5) is 5.69 Å². The Kier molecular flexibility index (Phi) is 7.36. The van der Waals surface area contributed by atoms with E-state index in [0.29, 0.717) is 30.2 Å². The number of fused-ring (bicyclic) bond motifs is 1. The number of benzene rings is 2. The van der Waals surface area contributed by atoms with E-state index in [0.717, 1.165) is 34.9 Å². The quantitative estimate of drug-likeness (QED) is 0.457. The number of amides is 1. The first-order chi connectivity index (χ1) is 16.4. The van der Waals surface area contributed by atoms with Crippen LogP contribution in [0.25, 0.3) is 5.69 Å². The number of nitrogens with one attached hydrogen (secondary N) is 1. The van der Waals surface area contributed by atoms with Crippen LogP contribution in [0.15, 0.2) is 47.3 Å². The highest BCUT2D eigenvalue weighted by molar-refractivity contribution is 7.98. The van der Waals surface area contributed by atoms with Gasteiger partial charge >= 0.3 is 0 Å². The first-order valence-electron chi connectivity index (χ1n) is 11.6. The number of aromatic nitrogens is 2. The number of anilines is 1. The van der Waals surface area contributed by atoms with Crippen LogP contribution in [0.5, 0.6) is 11.5 Å². The molecule has 0 spiro atoms. The summed E-state index contributed by atoms with van der Waals surface area (Å²) >= 11 is 1.66. The lowest BCUT2D eigenvalue weighted by Crippen LogP contribution is -2.23. The summed E-state index contributed by atoms with van der Waals surface area (Å²) in [5, 5.41) is 2.83. The second-order valence-corrected chi connectivity index (χ2v) is 9.53. The summed E-state index contributed by atoms with van der Waals surface area (Å²) in [6, 6.07) is 13.5. The number of ether oxygens (including phenoxy) is 2. The summed E-state index contributed by atoms with van der Waals surface area (Å²) in [7, 11) is 1.81. The number of nitrogens with zero attached hydrogens (tertiary/aromatic N) is 2. The lowest BCUT2D eigenvalue weighted by molar-refractivity contribution is -0.115. The molecule has 34 heavy (non-hydrogen) atoms. The lowest BCUT2D eigenvalue weighted by Gasteiger charge is -2.12. The van der Waals surface area contributed by atoms with Gasteiger partial charge in [-0.3, -0.25) is 14.3 Å². The smallest absolute Gasteiger partial charge is 0.295 e. The fraction of sp³-hybridized carbons (Fsp3) is 0.385. The monoisotopic (exact) mass is 481 g/mol. The van der Waals surface area contributed by atoms with Crippen LogP contribution in [0.3, 0.4) is 0 Å². The van der Waals surface area contributed by atoms with Crippen molar-refractivity contribution in [3.8, 4) is 17.2 Å². The van der Waals surface area contributed by atoms with E-state index in [9.17, 15) is 9.59 Å². The molecule has 0 fully saturated rings. The molecule has 4 rings (SSSR count). The van der Waals surface area contributed by atoms with Gasteiger partial charge < -0.3 is 14.8 Å². The molecule has 1 N–H and O–H groups in total. The van der Waals surface area contributed by atoms with E-state index in [1.165, 1.54) is 5.56 Å². The zero-order valence-electron chi connectivity index (χ0n) is 20.1. The third-order valence-electron chi connectivity index (χ3n) is 5.93. The van der Waals surface area contributed by atoms with E-state index in [1.54, 1.807) is 21.1 Å². The number of hydrogen-bond donors (Lipinski definition) is 1. The third-order valence-corrected chi connectivity index (χ3v) is 6.94. The minimum atomic E-state index is -0.235. The van der Waals surface area contributed by atoms with Gasteiger partial charge in [0.1, 0.15) is 23.3 Å². The van der Waals surface area contributed by atoms with E-state index in [-0.39, 0.29) is 17.6 Å². The summed E-state index contributed by atoms with van der Waals surface area (Å²) in [4.78, 5) is 25.6. The summed E-state index contributed by atoms with van der Waals surface area (Å²) in [5.41, 5.74) is 3.81. The van der Waals surface area contributed by atoms with Gasteiger partial charge in [-0.25, -0.2) is 4.68 Å². The van der Waals surface area contributed by atoms with Crippen LogP contribution >= 0.6 is 11.8 Å². The Morgan fingerprint density at radius 3 is 2.76 bits per heavy atom. The van der Waals surface area contributed by atoms with Crippen molar-refractivity contribution in [3.63, 3.8) is 0 Å². The fourth-order valence-electron chi connectivity index (χ4n) is 4.15. The maximum Gasteiger partial charge on any atom is 0.295 e. The van der Waals surface area contributed by atoms with Crippen LogP contribution in [-0.2, 0) is 24.0 Å². The molecule has 180 valence electrons. The third kappa shape index (κ3) is 5.01. The highest BCUT2D eigenvalue weighted by Crippen LogP contribution is 2.36. The van der Waals surface area contributed by atoms with Crippen molar-refractivity contribution in [3.05, 3.63) is 69.6 Å². The first-order valence-corrected chi connectivity index (χ1v) is 12.7. The Morgan fingerprint density at radius 1 is 1.26 bits per heavy atom. The average Bonchev–Trinajstić information content (AvgIpc) is 3.28. The molecule has 2 aromatic carbocycles. The number of para-hydroxylation sites is 1. The molecular formula is C26H31N3O4S. The average molecular weight is 482 g/mol. The second kappa shape index (κ2) is 10.4. The zero-order chi connectivity index (χ0) is 24.2. The molecule has 1 aliphatic heterocycles. The SMILES string of the molecule is CCOc1cc2c(cc1CSCCC(=O)Nc1c(C)n(C)n(-c3ccccc3)c1=O)O[C@H](C)C2. The molecule has 0 saturated heterocycles. The predicted molar refractivity (Wildman–Crippen MR) is 137 cm³/mol. The Labute approximate surface area is 204 Å². The summed E-state index contributed by atoms with van der Waals surface area (Å²) in [6.07, 6.45) is 1.39. The van der Waals surface area contributed by atoms with Gasteiger partial charge in [0.25, 0.3) is 5.56 Å². The molecule has 1 aromatic heterocycles. The Bertz CT molecular complexity index is 1230. The van der Waals surface area contributed by atoms with E-state index in [4.69, 9.17) is 9.47 Å². The predicted octanol–water partition coefficient (Wildman–Crippen LogP) is 4.47. The number of thioether (sulfide) groups is 1. The Balaban J connectivity index is 1.36. The largest absolute Gasteiger partial charge is 0.494 e. The summed E-state index contributed by atoms with van der Waals surface area (Å²) < 4.78 is 15.1. The van der Waals surface area contributed by atoms with Crippen molar-refractivity contribution >= 4 is 23.4 Å². The Hall–Kier alpha value is -3.13. The number of hydrogen-bond acceptors (Lipinski definition) is 5. The maximum absolute atomic E-state index is 13.0. The minimum Gasteiger partial charge on any atom is -0.494 e. The van der Waals surface area contributed by atoms with Crippen LogP contribution in [0.2, 0.25) is 0 Å².